The number of hydrogen-bond acceptors (Lipinski definition) is 5. The second kappa shape index (κ2) is 6.92. The van der Waals surface area contributed by atoms with Gasteiger partial charge >= 0.3 is 0 Å². The molecule has 1 atom stereocenters. The van der Waals surface area contributed by atoms with Crippen molar-refractivity contribution < 1.29 is 4.74 Å². The van der Waals surface area contributed by atoms with Crippen molar-refractivity contribution in [3.8, 4) is 5.75 Å². The zero-order chi connectivity index (χ0) is 15.2. The molecule has 0 fully saturated rings. The summed E-state index contributed by atoms with van der Waals surface area (Å²) in [6.45, 7) is 6.15. The summed E-state index contributed by atoms with van der Waals surface area (Å²) in [6, 6.07) is 10.0. The summed E-state index contributed by atoms with van der Waals surface area (Å²) in [5.74, 6) is 3.08. The predicted molar refractivity (Wildman–Crippen MR) is 86.4 cm³/mol. The zero-order valence-corrected chi connectivity index (χ0v) is 13.0. The molecule has 2 N–H and O–H groups in total. The van der Waals surface area contributed by atoms with Gasteiger partial charge in [-0.25, -0.2) is 9.97 Å². The molecule has 0 saturated heterocycles. The summed E-state index contributed by atoms with van der Waals surface area (Å²) in [5.41, 5.74) is 0.882. The molecule has 0 amide bonds. The Morgan fingerprint density at radius 2 is 1.90 bits per heavy atom. The Balaban J connectivity index is 2.23. The standard InChI is InChI=1S/C16H22N4O/c1-5-11(2)17-15-10-16(19-12(3)18-15)20-13-8-6-7-9-14(13)21-4/h6-11H,5H2,1-4H3,(H2,17,18,19,20). The first kappa shape index (κ1) is 15.1. The van der Waals surface area contributed by atoms with E-state index in [1.165, 1.54) is 0 Å². The largest absolute Gasteiger partial charge is 0.495 e. The van der Waals surface area contributed by atoms with Crippen molar-refractivity contribution in [1.29, 1.82) is 0 Å². The number of nitrogens with one attached hydrogen (secondary N) is 2. The van der Waals surface area contributed by atoms with Crippen LogP contribution in [-0.2, 0) is 0 Å². The second-order valence-electron chi connectivity index (χ2n) is 4.96. The molecule has 0 aliphatic carbocycles. The lowest BCUT2D eigenvalue weighted by Gasteiger charge is -2.15. The van der Waals surface area contributed by atoms with Crippen LogP contribution < -0.4 is 15.4 Å². The number of ether oxygens (including phenoxy) is 1. The molecule has 5 heteroatoms. The van der Waals surface area contributed by atoms with Crippen LogP contribution in [0.2, 0.25) is 0 Å². The molecule has 0 bridgehead atoms. The van der Waals surface area contributed by atoms with Gasteiger partial charge < -0.3 is 15.4 Å². The van der Waals surface area contributed by atoms with Crippen LogP contribution in [0.4, 0.5) is 17.3 Å². The van der Waals surface area contributed by atoms with Gasteiger partial charge in [-0.05, 0) is 32.4 Å². The first-order valence-corrected chi connectivity index (χ1v) is 7.14. The molecule has 0 radical (unpaired) electrons. The van der Waals surface area contributed by atoms with Crippen molar-refractivity contribution in [2.24, 2.45) is 0 Å². The fraction of sp³-hybridized carbons (Fsp3) is 0.375. The molecule has 1 aromatic heterocycles. The van der Waals surface area contributed by atoms with Gasteiger partial charge in [-0.15, -0.1) is 0 Å². The molecule has 1 aromatic carbocycles. The molecule has 5 nitrogen and oxygen atoms in total. The van der Waals surface area contributed by atoms with Crippen molar-refractivity contribution in [1.82, 2.24) is 9.97 Å². The summed E-state index contributed by atoms with van der Waals surface area (Å²) >= 11 is 0. The third-order valence-corrected chi connectivity index (χ3v) is 3.21. The monoisotopic (exact) mass is 286 g/mol. The average Bonchev–Trinajstić information content (AvgIpc) is 2.47. The third-order valence-electron chi connectivity index (χ3n) is 3.21. The minimum absolute atomic E-state index is 0.374. The Morgan fingerprint density at radius 1 is 1.19 bits per heavy atom. The Kier molecular flexibility index (Phi) is 4.98. The van der Waals surface area contributed by atoms with E-state index in [1.54, 1.807) is 7.11 Å². The highest BCUT2D eigenvalue weighted by Crippen LogP contribution is 2.27. The van der Waals surface area contributed by atoms with Crippen LogP contribution in [0, 0.1) is 6.92 Å². The lowest BCUT2D eigenvalue weighted by molar-refractivity contribution is 0.417. The molecule has 0 saturated carbocycles. The lowest BCUT2D eigenvalue weighted by atomic mass is 10.2. The Bertz CT molecular complexity index is 601. The topological polar surface area (TPSA) is 59.1 Å². The van der Waals surface area contributed by atoms with Crippen LogP contribution in [0.15, 0.2) is 30.3 Å². The highest BCUT2D eigenvalue weighted by atomic mass is 16.5. The van der Waals surface area contributed by atoms with E-state index in [9.17, 15) is 0 Å². The smallest absolute Gasteiger partial charge is 0.142 e. The molecule has 0 aliphatic heterocycles. The lowest BCUT2D eigenvalue weighted by Crippen LogP contribution is -2.15. The Labute approximate surface area is 125 Å². The van der Waals surface area contributed by atoms with Gasteiger partial charge in [-0.2, -0.15) is 0 Å². The van der Waals surface area contributed by atoms with E-state index in [2.05, 4.69) is 34.4 Å². The van der Waals surface area contributed by atoms with Crippen LogP contribution in [-0.4, -0.2) is 23.1 Å². The van der Waals surface area contributed by atoms with Crippen LogP contribution >= 0.6 is 0 Å². The number of anilines is 3. The van der Waals surface area contributed by atoms with Gasteiger partial charge in [0.25, 0.3) is 0 Å². The highest BCUT2D eigenvalue weighted by molar-refractivity contribution is 5.65. The number of methoxy groups -OCH3 is 1. The fourth-order valence-corrected chi connectivity index (χ4v) is 1.95. The number of rotatable bonds is 6. The minimum Gasteiger partial charge on any atom is -0.495 e. The first-order chi connectivity index (χ1) is 10.1. The number of para-hydroxylation sites is 2. The van der Waals surface area contributed by atoms with E-state index >= 15 is 0 Å². The summed E-state index contributed by atoms with van der Waals surface area (Å²) < 4.78 is 5.34. The maximum absolute atomic E-state index is 5.34. The van der Waals surface area contributed by atoms with Crippen molar-refractivity contribution in [2.75, 3.05) is 17.7 Å². The van der Waals surface area contributed by atoms with Gasteiger partial charge in [0.2, 0.25) is 0 Å². The van der Waals surface area contributed by atoms with E-state index in [0.717, 1.165) is 35.3 Å². The molecule has 112 valence electrons. The number of benzene rings is 1. The maximum atomic E-state index is 5.34. The summed E-state index contributed by atoms with van der Waals surface area (Å²) in [6.07, 6.45) is 1.04. The van der Waals surface area contributed by atoms with Crippen molar-refractivity contribution in [3.05, 3.63) is 36.2 Å². The molecule has 2 rings (SSSR count). The Morgan fingerprint density at radius 3 is 2.62 bits per heavy atom. The second-order valence-corrected chi connectivity index (χ2v) is 4.96. The van der Waals surface area contributed by atoms with Crippen LogP contribution in [0.5, 0.6) is 5.75 Å². The van der Waals surface area contributed by atoms with Gasteiger partial charge in [-0.1, -0.05) is 19.1 Å². The predicted octanol–water partition coefficient (Wildman–Crippen LogP) is 3.75. The molecule has 21 heavy (non-hydrogen) atoms. The number of aromatic nitrogens is 2. The molecular formula is C16H22N4O. The van der Waals surface area contributed by atoms with Gasteiger partial charge in [0.1, 0.15) is 23.2 Å². The van der Waals surface area contributed by atoms with Gasteiger partial charge in [0.05, 0.1) is 12.8 Å². The fourth-order valence-electron chi connectivity index (χ4n) is 1.95. The first-order valence-electron chi connectivity index (χ1n) is 7.14. The summed E-state index contributed by atoms with van der Waals surface area (Å²) in [4.78, 5) is 8.83. The van der Waals surface area contributed by atoms with Gasteiger partial charge in [0.15, 0.2) is 0 Å². The third kappa shape index (κ3) is 4.08. The van der Waals surface area contributed by atoms with E-state index in [1.807, 2.05) is 37.3 Å². The van der Waals surface area contributed by atoms with E-state index in [0.29, 0.717) is 6.04 Å². The number of aryl methyl sites for hydroxylation is 1. The van der Waals surface area contributed by atoms with Crippen LogP contribution in [0.1, 0.15) is 26.1 Å². The molecule has 1 unspecified atom stereocenters. The summed E-state index contributed by atoms with van der Waals surface area (Å²) in [7, 11) is 1.65. The average molecular weight is 286 g/mol. The Hall–Kier alpha value is -2.30. The highest BCUT2D eigenvalue weighted by Gasteiger charge is 2.07. The molecule has 1 heterocycles. The van der Waals surface area contributed by atoms with E-state index in [4.69, 9.17) is 4.74 Å². The van der Waals surface area contributed by atoms with Crippen LogP contribution in [0.25, 0.3) is 0 Å². The number of nitrogens with zero attached hydrogens (tertiary/aromatic N) is 2. The van der Waals surface area contributed by atoms with Crippen molar-refractivity contribution >= 4 is 17.3 Å². The minimum atomic E-state index is 0.374. The maximum Gasteiger partial charge on any atom is 0.142 e. The normalized spacial score (nSPS) is 11.8. The van der Waals surface area contributed by atoms with Gasteiger partial charge in [0, 0.05) is 12.1 Å². The van der Waals surface area contributed by atoms with Crippen LogP contribution in [0.3, 0.4) is 0 Å². The molecule has 2 aromatic rings. The quantitative estimate of drug-likeness (QED) is 0.847. The SMILES string of the molecule is CCC(C)Nc1cc(Nc2ccccc2OC)nc(C)n1. The molecular weight excluding hydrogens is 264 g/mol. The van der Waals surface area contributed by atoms with Crippen molar-refractivity contribution in [2.45, 2.75) is 33.2 Å². The van der Waals surface area contributed by atoms with E-state index in [-0.39, 0.29) is 0 Å². The van der Waals surface area contributed by atoms with E-state index < -0.39 is 0 Å². The van der Waals surface area contributed by atoms with Crippen molar-refractivity contribution in [3.63, 3.8) is 0 Å². The molecule has 0 spiro atoms. The zero-order valence-electron chi connectivity index (χ0n) is 13.0. The summed E-state index contributed by atoms with van der Waals surface area (Å²) in [5, 5.41) is 6.64. The number of hydrogen-bond donors (Lipinski definition) is 2. The molecule has 0 aliphatic rings. The van der Waals surface area contributed by atoms with Gasteiger partial charge in [-0.3, -0.25) is 0 Å².